The van der Waals surface area contributed by atoms with Crippen molar-refractivity contribution in [3.8, 4) is 0 Å². The predicted octanol–water partition coefficient (Wildman–Crippen LogP) is 3.13. The fourth-order valence-corrected chi connectivity index (χ4v) is 3.99. The summed E-state index contributed by atoms with van der Waals surface area (Å²) in [5.41, 5.74) is 1.56. The maximum absolute atomic E-state index is 13.0. The van der Waals surface area contributed by atoms with E-state index >= 15 is 0 Å². The number of ether oxygens (including phenoxy) is 2. The molecule has 0 spiro atoms. The van der Waals surface area contributed by atoms with Gasteiger partial charge < -0.3 is 19.6 Å². The molecule has 0 bridgehead atoms. The summed E-state index contributed by atoms with van der Waals surface area (Å²) in [5, 5.41) is 5.35. The second kappa shape index (κ2) is 12.6. The van der Waals surface area contributed by atoms with Crippen molar-refractivity contribution >= 4 is 30.1 Å². The molecule has 4 rings (SSSR count). The van der Waals surface area contributed by atoms with E-state index in [1.165, 1.54) is 0 Å². The molecule has 12 nitrogen and oxygen atoms in total. The number of carbonyl (C=O) groups is 5. The monoisotopic (exact) mass is 524 g/mol. The molecule has 1 N–H and O–H groups in total. The number of rotatable bonds is 6. The van der Waals surface area contributed by atoms with Gasteiger partial charge in [-0.3, -0.25) is 9.59 Å². The van der Waals surface area contributed by atoms with Gasteiger partial charge in [0.25, 0.3) is 11.8 Å². The minimum absolute atomic E-state index is 0.00890. The molecule has 200 valence electrons. The van der Waals surface area contributed by atoms with Gasteiger partial charge in [0.1, 0.15) is 13.2 Å². The predicted molar refractivity (Wildman–Crippen MR) is 130 cm³/mol. The Kier molecular flexibility index (Phi) is 8.75. The molecule has 12 heteroatoms. The van der Waals surface area contributed by atoms with E-state index in [9.17, 15) is 24.0 Å². The normalized spacial score (nSPS) is 16.2. The molecule has 2 aliphatic rings. The molecular weight excluding hydrogens is 496 g/mol. The molecule has 0 atom stereocenters. The van der Waals surface area contributed by atoms with Crippen LogP contribution in [0.25, 0.3) is 0 Å². The summed E-state index contributed by atoms with van der Waals surface area (Å²) < 4.78 is 10.9. The molecule has 2 fully saturated rings. The Morgan fingerprint density at radius 2 is 1.18 bits per heavy atom. The van der Waals surface area contributed by atoms with Crippen LogP contribution >= 0.6 is 0 Å². The highest BCUT2D eigenvalue weighted by atomic mass is 16.7. The molecule has 0 radical (unpaired) electrons. The average Bonchev–Trinajstić information content (AvgIpc) is 3.11. The fourth-order valence-electron chi connectivity index (χ4n) is 3.99. The van der Waals surface area contributed by atoms with Gasteiger partial charge in [-0.25, -0.2) is 24.4 Å². The second-order valence-corrected chi connectivity index (χ2v) is 8.71. The molecule has 0 aromatic heterocycles. The standard InChI is InChI=1S/C26H28N4O8/c31-22-11-12-23(32)30(22)38-24(33)27-21-13-15-28(25(34)36-17-19-7-3-1-4-8-19)29(16-14-21)26(35)37-18-20-9-5-2-6-10-20/h1-10,21H,11-18H2,(H,27,33). The third-order valence-corrected chi connectivity index (χ3v) is 6.00. The van der Waals surface area contributed by atoms with Gasteiger partial charge in [-0.2, -0.15) is 0 Å². The van der Waals surface area contributed by atoms with Gasteiger partial charge in [-0.1, -0.05) is 60.7 Å². The Morgan fingerprint density at radius 3 is 1.63 bits per heavy atom. The van der Waals surface area contributed by atoms with E-state index in [1.54, 1.807) is 0 Å². The number of nitrogens with zero attached hydrogens (tertiary/aromatic N) is 3. The summed E-state index contributed by atoms with van der Waals surface area (Å²) in [7, 11) is 0. The lowest BCUT2D eigenvalue weighted by Crippen LogP contribution is -2.49. The van der Waals surface area contributed by atoms with Crippen molar-refractivity contribution in [1.82, 2.24) is 20.4 Å². The summed E-state index contributed by atoms with van der Waals surface area (Å²) in [5.74, 6) is -1.18. The Labute approximate surface area is 218 Å². The van der Waals surface area contributed by atoms with Crippen molar-refractivity contribution in [3.63, 3.8) is 0 Å². The van der Waals surface area contributed by atoms with Gasteiger partial charge in [0.15, 0.2) is 0 Å². The molecule has 0 aliphatic carbocycles. The smallest absolute Gasteiger partial charge is 0.432 e. The molecule has 0 unspecified atom stereocenters. The van der Waals surface area contributed by atoms with Crippen LogP contribution in [-0.4, -0.2) is 64.3 Å². The third kappa shape index (κ3) is 6.99. The van der Waals surface area contributed by atoms with E-state index in [-0.39, 0.29) is 52.0 Å². The second-order valence-electron chi connectivity index (χ2n) is 8.71. The number of carbonyl (C=O) groups excluding carboxylic acids is 5. The Bertz CT molecular complexity index is 1080. The van der Waals surface area contributed by atoms with Crippen molar-refractivity contribution in [2.45, 2.75) is 44.9 Å². The SMILES string of the molecule is O=C(NC1CCN(C(=O)OCc2ccccc2)N(C(=O)OCc2ccccc2)CC1)ON1C(=O)CCC1=O. The van der Waals surface area contributed by atoms with Gasteiger partial charge in [-0.05, 0) is 24.0 Å². The highest BCUT2D eigenvalue weighted by Crippen LogP contribution is 2.18. The van der Waals surface area contributed by atoms with Gasteiger partial charge in [0.2, 0.25) is 0 Å². The van der Waals surface area contributed by atoms with Crippen LogP contribution in [0.5, 0.6) is 0 Å². The average molecular weight is 525 g/mol. The quantitative estimate of drug-likeness (QED) is 0.570. The van der Waals surface area contributed by atoms with Crippen molar-refractivity contribution in [3.05, 3.63) is 71.8 Å². The molecule has 2 heterocycles. The van der Waals surface area contributed by atoms with Crippen molar-refractivity contribution in [2.75, 3.05) is 13.1 Å². The summed E-state index contributed by atoms with van der Waals surface area (Å²) >= 11 is 0. The molecule has 0 saturated carbocycles. The third-order valence-electron chi connectivity index (χ3n) is 6.00. The van der Waals surface area contributed by atoms with Gasteiger partial charge in [0, 0.05) is 32.0 Å². The van der Waals surface area contributed by atoms with Gasteiger partial charge >= 0.3 is 18.3 Å². The number of hydrogen-bond acceptors (Lipinski definition) is 8. The maximum atomic E-state index is 13.0. The number of amides is 5. The minimum Gasteiger partial charge on any atom is -0.443 e. The van der Waals surface area contributed by atoms with Crippen LogP contribution in [-0.2, 0) is 37.1 Å². The van der Waals surface area contributed by atoms with Crippen LogP contribution in [0, 0.1) is 0 Å². The zero-order chi connectivity index (χ0) is 26.9. The fraction of sp³-hybridized carbons (Fsp3) is 0.346. The van der Waals surface area contributed by atoms with Crippen molar-refractivity contribution in [1.29, 1.82) is 0 Å². The van der Waals surface area contributed by atoms with E-state index in [2.05, 4.69) is 5.32 Å². The van der Waals surface area contributed by atoms with E-state index in [0.717, 1.165) is 21.1 Å². The summed E-state index contributed by atoms with van der Waals surface area (Å²) in [6.07, 6.45) is -2.01. The highest BCUT2D eigenvalue weighted by Gasteiger charge is 2.35. The molecule has 2 aromatic rings. The van der Waals surface area contributed by atoms with Crippen molar-refractivity contribution < 1.29 is 38.3 Å². The minimum atomic E-state index is -0.975. The zero-order valence-corrected chi connectivity index (χ0v) is 20.6. The Morgan fingerprint density at radius 1 is 0.737 bits per heavy atom. The summed E-state index contributed by atoms with van der Waals surface area (Å²) in [6.45, 7) is 0.0745. The summed E-state index contributed by atoms with van der Waals surface area (Å²) in [6, 6.07) is 17.7. The van der Waals surface area contributed by atoms with Crippen LogP contribution in [0.1, 0.15) is 36.8 Å². The van der Waals surface area contributed by atoms with Crippen molar-refractivity contribution in [2.24, 2.45) is 0 Å². The first kappa shape index (κ1) is 26.5. The molecular formula is C26H28N4O8. The first-order valence-electron chi connectivity index (χ1n) is 12.2. The first-order chi connectivity index (χ1) is 18.4. The Hall–Kier alpha value is -4.61. The number of hydrazine groups is 1. The number of benzene rings is 2. The topological polar surface area (TPSA) is 135 Å². The lowest BCUT2D eigenvalue weighted by atomic mass is 10.1. The van der Waals surface area contributed by atoms with Crippen LogP contribution < -0.4 is 5.32 Å². The molecule has 2 saturated heterocycles. The van der Waals surface area contributed by atoms with Crippen LogP contribution in [0.2, 0.25) is 0 Å². The number of nitrogens with one attached hydrogen (secondary N) is 1. The molecule has 38 heavy (non-hydrogen) atoms. The number of hydroxylamine groups is 2. The maximum Gasteiger partial charge on any atom is 0.432 e. The molecule has 2 aromatic carbocycles. The van der Waals surface area contributed by atoms with E-state index < -0.39 is 36.1 Å². The summed E-state index contributed by atoms with van der Waals surface area (Å²) in [4.78, 5) is 66.6. The van der Waals surface area contributed by atoms with Crippen LogP contribution in [0.15, 0.2) is 60.7 Å². The largest absolute Gasteiger partial charge is 0.443 e. The van der Waals surface area contributed by atoms with Gasteiger partial charge in [0.05, 0.1) is 0 Å². The van der Waals surface area contributed by atoms with E-state index in [0.29, 0.717) is 5.06 Å². The first-order valence-corrected chi connectivity index (χ1v) is 12.2. The van der Waals surface area contributed by atoms with Crippen LogP contribution in [0.3, 0.4) is 0 Å². The number of hydrogen-bond donors (Lipinski definition) is 1. The number of imide groups is 1. The van der Waals surface area contributed by atoms with E-state index in [1.807, 2.05) is 60.7 Å². The lowest BCUT2D eigenvalue weighted by Gasteiger charge is -2.31. The zero-order valence-electron chi connectivity index (χ0n) is 20.6. The Balaban J connectivity index is 1.39. The van der Waals surface area contributed by atoms with E-state index in [4.69, 9.17) is 14.3 Å². The van der Waals surface area contributed by atoms with Crippen LogP contribution in [0.4, 0.5) is 14.4 Å². The lowest BCUT2D eigenvalue weighted by molar-refractivity contribution is -0.171. The van der Waals surface area contributed by atoms with Gasteiger partial charge in [-0.15, -0.1) is 5.06 Å². The molecule has 2 aliphatic heterocycles. The highest BCUT2D eigenvalue weighted by molar-refractivity contribution is 6.01. The molecule has 5 amide bonds.